The van der Waals surface area contributed by atoms with Gasteiger partial charge in [0.15, 0.2) is 0 Å². The van der Waals surface area contributed by atoms with E-state index in [9.17, 15) is 18.4 Å². The number of hydrogen-bond donors (Lipinski definition) is 2. The van der Waals surface area contributed by atoms with E-state index in [0.29, 0.717) is 5.69 Å². The number of nitrogens with zero attached hydrogens (tertiary/aromatic N) is 1. The molecule has 0 unspecified atom stereocenters. The maximum atomic E-state index is 12.2. The van der Waals surface area contributed by atoms with Crippen molar-refractivity contribution in [1.82, 2.24) is 5.32 Å². The van der Waals surface area contributed by atoms with Gasteiger partial charge in [0.05, 0.1) is 6.54 Å². The molecule has 0 saturated carbocycles. The summed E-state index contributed by atoms with van der Waals surface area (Å²) >= 11 is 0. The van der Waals surface area contributed by atoms with E-state index in [-0.39, 0.29) is 23.8 Å². The maximum absolute atomic E-state index is 12.2. The molecule has 28 heavy (non-hydrogen) atoms. The van der Waals surface area contributed by atoms with Crippen LogP contribution >= 0.6 is 0 Å². The van der Waals surface area contributed by atoms with Crippen LogP contribution in [0.3, 0.4) is 0 Å². The van der Waals surface area contributed by atoms with E-state index in [0.717, 1.165) is 18.8 Å². The van der Waals surface area contributed by atoms with Crippen molar-refractivity contribution in [3.63, 3.8) is 0 Å². The summed E-state index contributed by atoms with van der Waals surface area (Å²) in [5.74, 6) is -1.06. The summed E-state index contributed by atoms with van der Waals surface area (Å²) in [5, 5.41) is 5.16. The largest absolute Gasteiger partial charge is 0.435 e. The molecule has 2 aromatic carbocycles. The van der Waals surface area contributed by atoms with Crippen LogP contribution in [0.4, 0.5) is 20.2 Å². The molecule has 1 aliphatic heterocycles. The van der Waals surface area contributed by atoms with Crippen LogP contribution < -0.4 is 20.3 Å². The molecule has 3 rings (SSSR count). The van der Waals surface area contributed by atoms with Gasteiger partial charge in [-0.05, 0) is 55.3 Å². The molecule has 1 aliphatic rings. The second kappa shape index (κ2) is 9.16. The van der Waals surface area contributed by atoms with E-state index in [4.69, 9.17) is 0 Å². The fourth-order valence-corrected chi connectivity index (χ4v) is 3.01. The van der Waals surface area contributed by atoms with Crippen molar-refractivity contribution < 1.29 is 23.1 Å². The number of ether oxygens (including phenoxy) is 1. The lowest BCUT2D eigenvalue weighted by Crippen LogP contribution is -2.32. The number of alkyl halides is 2. The van der Waals surface area contributed by atoms with Crippen LogP contribution in [0.15, 0.2) is 48.5 Å². The molecule has 8 heteroatoms. The molecular formula is C20H21F2N3O3. The zero-order valence-corrected chi connectivity index (χ0v) is 15.2. The van der Waals surface area contributed by atoms with Crippen LogP contribution in [-0.4, -0.2) is 38.1 Å². The van der Waals surface area contributed by atoms with Gasteiger partial charge in [0.1, 0.15) is 5.75 Å². The van der Waals surface area contributed by atoms with Crippen molar-refractivity contribution in [3.05, 3.63) is 54.1 Å². The summed E-state index contributed by atoms with van der Waals surface area (Å²) in [6, 6.07) is 12.9. The Labute approximate surface area is 161 Å². The predicted molar refractivity (Wildman–Crippen MR) is 102 cm³/mol. The molecular weight excluding hydrogens is 368 g/mol. The fraction of sp³-hybridized carbons (Fsp3) is 0.300. The quantitative estimate of drug-likeness (QED) is 0.763. The molecule has 0 atom stereocenters. The first kappa shape index (κ1) is 19.6. The molecule has 1 fully saturated rings. The highest BCUT2D eigenvalue weighted by molar-refractivity contribution is 5.99. The van der Waals surface area contributed by atoms with E-state index in [2.05, 4.69) is 20.3 Å². The molecule has 6 nitrogen and oxygen atoms in total. The van der Waals surface area contributed by atoms with Crippen LogP contribution in [0.5, 0.6) is 5.75 Å². The second-order valence-electron chi connectivity index (χ2n) is 6.38. The lowest BCUT2D eigenvalue weighted by atomic mass is 10.2. The van der Waals surface area contributed by atoms with Gasteiger partial charge in [-0.15, -0.1) is 0 Å². The van der Waals surface area contributed by atoms with Gasteiger partial charge in [0, 0.05) is 30.0 Å². The Bertz CT molecular complexity index is 822. The normalized spacial score (nSPS) is 13.5. The monoisotopic (exact) mass is 389 g/mol. The third-order valence-electron chi connectivity index (χ3n) is 4.35. The average molecular weight is 389 g/mol. The van der Waals surface area contributed by atoms with E-state index >= 15 is 0 Å². The lowest BCUT2D eigenvalue weighted by Gasteiger charge is -2.17. The fourth-order valence-electron chi connectivity index (χ4n) is 3.01. The van der Waals surface area contributed by atoms with Crippen molar-refractivity contribution >= 4 is 23.2 Å². The van der Waals surface area contributed by atoms with Crippen molar-refractivity contribution in [3.8, 4) is 5.75 Å². The Balaban J connectivity index is 1.49. The van der Waals surface area contributed by atoms with Gasteiger partial charge in [0.25, 0.3) is 5.91 Å². The molecule has 2 amide bonds. The van der Waals surface area contributed by atoms with Crippen molar-refractivity contribution in [2.75, 3.05) is 29.9 Å². The van der Waals surface area contributed by atoms with Crippen LogP contribution in [0.1, 0.15) is 23.2 Å². The van der Waals surface area contributed by atoms with Gasteiger partial charge in [-0.25, -0.2) is 0 Å². The van der Waals surface area contributed by atoms with Crippen LogP contribution in [-0.2, 0) is 4.79 Å². The van der Waals surface area contributed by atoms with Gasteiger partial charge in [-0.3, -0.25) is 9.59 Å². The van der Waals surface area contributed by atoms with Crippen LogP contribution in [0.2, 0.25) is 0 Å². The smallest absolute Gasteiger partial charge is 0.387 e. The van der Waals surface area contributed by atoms with Gasteiger partial charge in [0.2, 0.25) is 5.91 Å². The topological polar surface area (TPSA) is 70.7 Å². The Morgan fingerprint density at radius 1 is 1.07 bits per heavy atom. The van der Waals surface area contributed by atoms with E-state index in [1.165, 1.54) is 37.1 Å². The molecule has 148 valence electrons. The zero-order valence-electron chi connectivity index (χ0n) is 15.2. The summed E-state index contributed by atoms with van der Waals surface area (Å²) in [6.45, 7) is -1.13. The third kappa shape index (κ3) is 5.42. The Kier molecular flexibility index (Phi) is 6.41. The van der Waals surface area contributed by atoms with Gasteiger partial charge in [-0.2, -0.15) is 8.78 Å². The highest BCUT2D eigenvalue weighted by atomic mass is 19.3. The van der Waals surface area contributed by atoms with E-state index in [1.807, 2.05) is 24.3 Å². The van der Waals surface area contributed by atoms with Crippen molar-refractivity contribution in [2.45, 2.75) is 19.5 Å². The average Bonchev–Trinajstić information content (AvgIpc) is 3.21. The molecule has 0 bridgehead atoms. The first-order valence-corrected chi connectivity index (χ1v) is 8.99. The molecule has 1 heterocycles. The number of anilines is 2. The lowest BCUT2D eigenvalue weighted by molar-refractivity contribution is -0.115. The summed E-state index contributed by atoms with van der Waals surface area (Å²) in [5.41, 5.74) is 1.88. The number of hydrogen-bond acceptors (Lipinski definition) is 4. The first-order valence-electron chi connectivity index (χ1n) is 8.99. The molecule has 0 radical (unpaired) electrons. The molecule has 2 N–H and O–H groups in total. The van der Waals surface area contributed by atoms with E-state index < -0.39 is 12.5 Å². The highest BCUT2D eigenvalue weighted by Gasteiger charge is 2.13. The minimum atomic E-state index is -2.97. The molecule has 1 saturated heterocycles. The number of amides is 2. The molecule has 0 aromatic heterocycles. The minimum absolute atomic E-state index is 0.120. The number of rotatable bonds is 7. The zero-order chi connectivity index (χ0) is 19.9. The third-order valence-corrected chi connectivity index (χ3v) is 4.35. The van der Waals surface area contributed by atoms with E-state index in [1.54, 1.807) is 0 Å². The number of carbonyl (C=O) groups excluding carboxylic acids is 2. The molecule has 0 spiro atoms. The van der Waals surface area contributed by atoms with Gasteiger partial charge >= 0.3 is 6.61 Å². The summed E-state index contributed by atoms with van der Waals surface area (Å²) in [4.78, 5) is 26.4. The highest BCUT2D eigenvalue weighted by Crippen LogP contribution is 2.22. The number of nitrogens with one attached hydrogen (secondary N) is 2. The van der Waals surface area contributed by atoms with Gasteiger partial charge < -0.3 is 20.3 Å². The molecule has 2 aromatic rings. The molecule has 0 aliphatic carbocycles. The van der Waals surface area contributed by atoms with Crippen LogP contribution in [0, 0.1) is 0 Å². The number of carbonyl (C=O) groups is 2. The predicted octanol–water partition coefficient (Wildman–Crippen LogP) is 3.26. The Hall–Kier alpha value is -3.16. The van der Waals surface area contributed by atoms with Crippen molar-refractivity contribution in [1.29, 1.82) is 0 Å². The Morgan fingerprint density at radius 2 is 1.79 bits per heavy atom. The summed E-state index contributed by atoms with van der Waals surface area (Å²) in [6.07, 6.45) is 2.38. The van der Waals surface area contributed by atoms with Crippen molar-refractivity contribution in [2.24, 2.45) is 0 Å². The SMILES string of the molecule is O=C(CNC(=O)c1cccc(OC(F)F)c1)Nc1ccc(N2CCCC2)cc1. The van der Waals surface area contributed by atoms with Crippen LogP contribution in [0.25, 0.3) is 0 Å². The standard InChI is InChI=1S/C20H21F2N3O3/c21-20(22)28-17-5-3-4-14(12-17)19(27)23-13-18(26)24-15-6-8-16(9-7-15)25-10-1-2-11-25/h3-9,12,20H,1-2,10-11,13H2,(H,23,27)(H,24,26). The number of halogens is 2. The minimum Gasteiger partial charge on any atom is -0.435 e. The number of benzene rings is 2. The summed E-state index contributed by atoms with van der Waals surface area (Å²) in [7, 11) is 0. The first-order chi connectivity index (χ1) is 13.5. The maximum Gasteiger partial charge on any atom is 0.387 e. The van der Waals surface area contributed by atoms with Gasteiger partial charge in [-0.1, -0.05) is 6.07 Å². The Morgan fingerprint density at radius 3 is 2.46 bits per heavy atom. The second-order valence-corrected chi connectivity index (χ2v) is 6.38. The summed E-state index contributed by atoms with van der Waals surface area (Å²) < 4.78 is 28.8.